The molecule has 1 aliphatic carbocycles. The summed E-state index contributed by atoms with van der Waals surface area (Å²) in [6, 6.07) is 10.3. The van der Waals surface area contributed by atoms with Crippen LogP contribution in [0.2, 0.25) is 5.02 Å². The zero-order chi connectivity index (χ0) is 19.7. The van der Waals surface area contributed by atoms with Gasteiger partial charge in [0, 0.05) is 21.0 Å². The monoisotopic (exact) mass is 409 g/mol. The van der Waals surface area contributed by atoms with Crippen LogP contribution in [0, 0.1) is 11.3 Å². The largest absolute Gasteiger partial charge is 0.545 e. The first kappa shape index (κ1) is 18.5. The van der Waals surface area contributed by atoms with Gasteiger partial charge in [-0.3, -0.25) is 0 Å². The van der Waals surface area contributed by atoms with Crippen LogP contribution in [0.1, 0.15) is 45.0 Å². The number of fused-ring (bicyclic) bond motifs is 1. The van der Waals surface area contributed by atoms with Gasteiger partial charge in [-0.25, -0.2) is 4.99 Å². The van der Waals surface area contributed by atoms with Gasteiger partial charge in [-0.15, -0.1) is 11.3 Å². The van der Waals surface area contributed by atoms with Crippen LogP contribution in [-0.2, 0) is 12.8 Å². The van der Waals surface area contributed by atoms with Crippen LogP contribution >= 0.6 is 22.9 Å². The summed E-state index contributed by atoms with van der Waals surface area (Å²) in [7, 11) is 0. The van der Waals surface area contributed by atoms with E-state index in [9.17, 15) is 15.2 Å². The standard InChI is InChI=1S/C21H15ClN2O3S/c22-17-7-5-12(9-15(17)21(25)26)18-8-6-13(27-18)11-24-20-16(10-23)14-3-1-2-4-19(14)28-20/h5-9,11H,1-4H2,(H,25,26)/p-1. The maximum Gasteiger partial charge on any atom is 0.145 e. The Morgan fingerprint density at radius 3 is 2.89 bits per heavy atom. The molecule has 0 spiro atoms. The average molecular weight is 410 g/mol. The molecule has 0 aliphatic heterocycles. The molecule has 0 bridgehead atoms. The van der Waals surface area contributed by atoms with Crippen molar-refractivity contribution >= 4 is 40.1 Å². The van der Waals surface area contributed by atoms with Gasteiger partial charge in [-0.05, 0) is 61.6 Å². The van der Waals surface area contributed by atoms with Crippen molar-refractivity contribution in [3.05, 3.63) is 62.7 Å². The molecule has 0 saturated heterocycles. The van der Waals surface area contributed by atoms with Crippen LogP contribution in [0.3, 0.4) is 0 Å². The third kappa shape index (κ3) is 3.47. The summed E-state index contributed by atoms with van der Waals surface area (Å²) in [5.41, 5.74) is 2.29. The van der Waals surface area contributed by atoms with Crippen LogP contribution in [0.15, 0.2) is 39.7 Å². The van der Waals surface area contributed by atoms with Crippen LogP contribution in [0.4, 0.5) is 5.00 Å². The van der Waals surface area contributed by atoms with Crippen molar-refractivity contribution in [1.29, 1.82) is 5.26 Å². The number of furan rings is 1. The third-order valence-corrected chi connectivity index (χ3v) is 6.20. The van der Waals surface area contributed by atoms with Crippen molar-refractivity contribution < 1.29 is 14.3 Å². The number of aliphatic imine (C=N–C) groups is 1. The van der Waals surface area contributed by atoms with E-state index in [4.69, 9.17) is 16.0 Å². The molecule has 28 heavy (non-hydrogen) atoms. The molecule has 0 unspecified atom stereocenters. The van der Waals surface area contributed by atoms with E-state index in [1.807, 2.05) is 0 Å². The molecule has 4 rings (SSSR count). The highest BCUT2D eigenvalue weighted by atomic mass is 35.5. The van der Waals surface area contributed by atoms with Crippen molar-refractivity contribution in [3.8, 4) is 17.4 Å². The lowest BCUT2D eigenvalue weighted by Crippen LogP contribution is -2.22. The first-order chi connectivity index (χ1) is 13.6. The molecule has 0 saturated carbocycles. The number of carbonyl (C=O) groups excluding carboxylic acids is 1. The topological polar surface area (TPSA) is 89.4 Å². The number of rotatable bonds is 4. The van der Waals surface area contributed by atoms with Gasteiger partial charge in [-0.2, -0.15) is 5.26 Å². The zero-order valence-corrected chi connectivity index (χ0v) is 16.3. The molecule has 3 aromatic rings. The maximum absolute atomic E-state index is 11.1. The minimum atomic E-state index is -1.34. The highest BCUT2D eigenvalue weighted by Crippen LogP contribution is 2.39. The third-order valence-electron chi connectivity index (χ3n) is 4.67. The van der Waals surface area contributed by atoms with Gasteiger partial charge in [0.1, 0.15) is 22.6 Å². The maximum atomic E-state index is 11.1. The molecule has 0 amide bonds. The van der Waals surface area contributed by atoms with Crippen molar-refractivity contribution in [1.82, 2.24) is 0 Å². The summed E-state index contributed by atoms with van der Waals surface area (Å²) in [6.07, 6.45) is 5.78. The van der Waals surface area contributed by atoms with E-state index in [-0.39, 0.29) is 10.6 Å². The second-order valence-electron chi connectivity index (χ2n) is 6.45. The molecule has 140 valence electrons. The predicted octanol–water partition coefficient (Wildman–Crippen LogP) is 4.53. The number of carboxylic acid groups (broad SMARTS) is 1. The van der Waals surface area contributed by atoms with E-state index >= 15 is 0 Å². The second-order valence-corrected chi connectivity index (χ2v) is 7.94. The molecule has 2 aromatic heterocycles. The summed E-state index contributed by atoms with van der Waals surface area (Å²) in [6.45, 7) is 0. The molecular formula is C21H14ClN2O3S-. The van der Waals surface area contributed by atoms with Gasteiger partial charge in [0.25, 0.3) is 0 Å². The zero-order valence-electron chi connectivity index (χ0n) is 14.7. The lowest BCUT2D eigenvalue weighted by molar-refractivity contribution is -0.255. The number of halogens is 1. The molecule has 0 atom stereocenters. The summed E-state index contributed by atoms with van der Waals surface area (Å²) in [4.78, 5) is 16.9. The SMILES string of the molecule is N#Cc1c(N=Cc2ccc(-c3ccc(Cl)c(C(=O)[O-])c3)o2)sc2c1CCCC2. The number of hydrogen-bond donors (Lipinski definition) is 0. The molecule has 5 nitrogen and oxygen atoms in total. The fraction of sp³-hybridized carbons (Fsp3) is 0.190. The smallest absolute Gasteiger partial charge is 0.145 e. The number of aromatic carboxylic acids is 1. The van der Waals surface area contributed by atoms with Crippen LogP contribution < -0.4 is 5.11 Å². The summed E-state index contributed by atoms with van der Waals surface area (Å²) in [5.74, 6) is -0.340. The first-order valence-electron chi connectivity index (χ1n) is 8.76. The molecule has 1 aromatic carbocycles. The minimum Gasteiger partial charge on any atom is -0.545 e. The Hall–Kier alpha value is -2.88. The molecule has 7 heteroatoms. The van der Waals surface area contributed by atoms with Gasteiger partial charge in [-0.1, -0.05) is 11.6 Å². The van der Waals surface area contributed by atoms with Gasteiger partial charge in [0.15, 0.2) is 0 Å². The molecule has 1 aliphatic rings. The van der Waals surface area contributed by atoms with Crippen molar-refractivity contribution in [3.63, 3.8) is 0 Å². The van der Waals surface area contributed by atoms with Gasteiger partial charge >= 0.3 is 0 Å². The molecule has 0 fully saturated rings. The van der Waals surface area contributed by atoms with E-state index < -0.39 is 5.97 Å². The van der Waals surface area contributed by atoms with E-state index in [0.29, 0.717) is 27.6 Å². The number of benzene rings is 1. The Labute approximate surface area is 170 Å². The Balaban J connectivity index is 1.61. The number of nitriles is 1. The second kappa shape index (κ2) is 7.63. The van der Waals surface area contributed by atoms with Gasteiger partial charge in [0.2, 0.25) is 0 Å². The van der Waals surface area contributed by atoms with Crippen LogP contribution in [0.25, 0.3) is 11.3 Å². The average Bonchev–Trinajstić information content (AvgIpc) is 3.30. The van der Waals surface area contributed by atoms with E-state index in [1.165, 1.54) is 17.0 Å². The Morgan fingerprint density at radius 2 is 2.11 bits per heavy atom. The fourth-order valence-electron chi connectivity index (χ4n) is 3.29. The number of carboxylic acids is 1. The number of aryl methyl sites for hydroxylation is 1. The fourth-order valence-corrected chi connectivity index (χ4v) is 4.67. The van der Waals surface area contributed by atoms with Crippen LogP contribution in [0.5, 0.6) is 0 Å². The number of nitrogens with zero attached hydrogens (tertiary/aromatic N) is 2. The molecule has 2 heterocycles. The number of hydrogen-bond acceptors (Lipinski definition) is 6. The summed E-state index contributed by atoms with van der Waals surface area (Å²) >= 11 is 7.44. The van der Waals surface area contributed by atoms with E-state index in [2.05, 4.69) is 11.1 Å². The van der Waals surface area contributed by atoms with Crippen LogP contribution in [-0.4, -0.2) is 12.2 Å². The first-order valence-corrected chi connectivity index (χ1v) is 9.96. The van der Waals surface area contributed by atoms with E-state index in [0.717, 1.165) is 31.2 Å². The molecule has 0 N–H and O–H groups in total. The normalized spacial score (nSPS) is 13.4. The Morgan fingerprint density at radius 1 is 1.29 bits per heavy atom. The molecular weight excluding hydrogens is 396 g/mol. The number of carbonyl (C=O) groups is 1. The Kier molecular flexibility index (Phi) is 5.03. The quantitative estimate of drug-likeness (QED) is 0.592. The van der Waals surface area contributed by atoms with Gasteiger partial charge < -0.3 is 14.3 Å². The lowest BCUT2D eigenvalue weighted by atomic mass is 9.96. The highest BCUT2D eigenvalue weighted by molar-refractivity contribution is 7.16. The minimum absolute atomic E-state index is 0.0892. The lowest BCUT2D eigenvalue weighted by Gasteiger charge is -2.09. The highest BCUT2D eigenvalue weighted by Gasteiger charge is 2.20. The van der Waals surface area contributed by atoms with Crippen molar-refractivity contribution in [2.45, 2.75) is 25.7 Å². The molecule has 0 radical (unpaired) electrons. The van der Waals surface area contributed by atoms with Crippen molar-refractivity contribution in [2.75, 3.05) is 0 Å². The number of thiophene rings is 1. The summed E-state index contributed by atoms with van der Waals surface area (Å²) < 4.78 is 5.76. The predicted molar refractivity (Wildman–Crippen MR) is 106 cm³/mol. The van der Waals surface area contributed by atoms with E-state index in [1.54, 1.807) is 35.8 Å². The summed E-state index contributed by atoms with van der Waals surface area (Å²) in [5, 5.41) is 21.5. The van der Waals surface area contributed by atoms with Crippen molar-refractivity contribution in [2.24, 2.45) is 4.99 Å². The van der Waals surface area contributed by atoms with Gasteiger partial charge in [0.05, 0.1) is 17.7 Å². The Bertz CT molecular complexity index is 1140.